The summed E-state index contributed by atoms with van der Waals surface area (Å²) < 4.78 is 0. The summed E-state index contributed by atoms with van der Waals surface area (Å²) in [5, 5.41) is 8.39. The lowest BCUT2D eigenvalue weighted by atomic mass is 10.2. The van der Waals surface area contributed by atoms with Gasteiger partial charge in [-0.15, -0.1) is 0 Å². The minimum Gasteiger partial charge on any atom is -0.378 e. The predicted molar refractivity (Wildman–Crippen MR) is 86.5 cm³/mol. The van der Waals surface area contributed by atoms with Gasteiger partial charge in [0.1, 0.15) is 6.29 Å². The third-order valence-electron chi connectivity index (χ3n) is 2.91. The van der Waals surface area contributed by atoms with Crippen molar-refractivity contribution in [2.24, 2.45) is 10.2 Å². The third kappa shape index (κ3) is 4.38. The van der Waals surface area contributed by atoms with E-state index in [1.165, 1.54) is 6.08 Å². The minimum atomic E-state index is 0.755. The second kappa shape index (κ2) is 7.14. The van der Waals surface area contributed by atoms with Gasteiger partial charge in [-0.1, -0.05) is 18.2 Å². The first kappa shape index (κ1) is 14.7. The van der Waals surface area contributed by atoms with E-state index in [-0.39, 0.29) is 0 Å². The molecule has 0 radical (unpaired) electrons. The van der Waals surface area contributed by atoms with Crippen molar-refractivity contribution < 1.29 is 4.79 Å². The molecule has 0 saturated heterocycles. The number of anilines is 1. The van der Waals surface area contributed by atoms with Crippen LogP contribution in [0.4, 0.5) is 17.1 Å². The number of hydrogen-bond acceptors (Lipinski definition) is 4. The summed E-state index contributed by atoms with van der Waals surface area (Å²) in [4.78, 5) is 12.3. The molecule has 0 atom stereocenters. The summed E-state index contributed by atoms with van der Waals surface area (Å²) >= 11 is 0. The van der Waals surface area contributed by atoms with Gasteiger partial charge in [0.05, 0.1) is 11.4 Å². The van der Waals surface area contributed by atoms with E-state index in [0.717, 1.165) is 28.9 Å². The zero-order valence-corrected chi connectivity index (χ0v) is 12.1. The highest BCUT2D eigenvalue weighted by Gasteiger charge is 1.95. The average molecular weight is 279 g/mol. The zero-order chi connectivity index (χ0) is 15.1. The maximum Gasteiger partial charge on any atom is 0.142 e. The molecular weight excluding hydrogens is 262 g/mol. The molecule has 0 aliphatic carbocycles. The molecule has 0 fully saturated rings. The van der Waals surface area contributed by atoms with Gasteiger partial charge < -0.3 is 4.90 Å². The first-order chi connectivity index (χ1) is 10.2. The number of nitrogens with zero attached hydrogens (tertiary/aromatic N) is 3. The van der Waals surface area contributed by atoms with Gasteiger partial charge in [-0.05, 0) is 48.0 Å². The van der Waals surface area contributed by atoms with E-state index in [1.807, 2.05) is 67.5 Å². The van der Waals surface area contributed by atoms with E-state index in [2.05, 4.69) is 10.2 Å². The van der Waals surface area contributed by atoms with Gasteiger partial charge >= 0.3 is 0 Å². The second-order valence-electron chi connectivity index (χ2n) is 4.70. The van der Waals surface area contributed by atoms with E-state index in [9.17, 15) is 4.79 Å². The van der Waals surface area contributed by atoms with Crippen LogP contribution in [0.1, 0.15) is 5.56 Å². The van der Waals surface area contributed by atoms with Crippen LogP contribution in [0.25, 0.3) is 6.08 Å². The standard InChI is InChI=1S/C17H17N3O/c1-20(2)17-11-9-16(10-12-17)19-18-15-7-5-14(6-8-15)4-3-13-21/h3-13H,1-2H3/b4-3+,19-18?. The summed E-state index contributed by atoms with van der Waals surface area (Å²) in [6, 6.07) is 15.4. The number of hydrogen-bond donors (Lipinski definition) is 0. The molecule has 4 heteroatoms. The quantitative estimate of drug-likeness (QED) is 0.463. The Morgan fingerprint density at radius 2 is 1.38 bits per heavy atom. The number of rotatable bonds is 5. The normalized spacial score (nSPS) is 11.1. The summed E-state index contributed by atoms with van der Waals surface area (Å²) in [6.45, 7) is 0. The third-order valence-corrected chi connectivity index (χ3v) is 2.91. The average Bonchev–Trinajstić information content (AvgIpc) is 2.52. The van der Waals surface area contributed by atoms with Gasteiger partial charge in [0, 0.05) is 19.8 Å². The van der Waals surface area contributed by atoms with Crippen LogP contribution in [0.2, 0.25) is 0 Å². The Morgan fingerprint density at radius 1 is 0.857 bits per heavy atom. The zero-order valence-electron chi connectivity index (χ0n) is 12.1. The van der Waals surface area contributed by atoms with Gasteiger partial charge in [-0.25, -0.2) is 0 Å². The lowest BCUT2D eigenvalue weighted by Gasteiger charge is -2.11. The molecule has 2 rings (SSSR count). The molecule has 0 bridgehead atoms. The summed E-state index contributed by atoms with van der Waals surface area (Å²) in [5.74, 6) is 0. The molecular formula is C17H17N3O. The highest BCUT2D eigenvalue weighted by molar-refractivity contribution is 5.74. The van der Waals surface area contributed by atoms with Crippen LogP contribution in [0.15, 0.2) is 64.8 Å². The van der Waals surface area contributed by atoms with E-state index >= 15 is 0 Å². The van der Waals surface area contributed by atoms with E-state index in [0.29, 0.717) is 0 Å². The van der Waals surface area contributed by atoms with Gasteiger partial charge in [-0.3, -0.25) is 4.79 Å². The van der Waals surface area contributed by atoms with E-state index in [4.69, 9.17) is 0 Å². The molecule has 2 aromatic carbocycles. The molecule has 0 spiro atoms. The fourth-order valence-corrected chi connectivity index (χ4v) is 1.74. The van der Waals surface area contributed by atoms with Crippen molar-refractivity contribution in [3.05, 3.63) is 60.2 Å². The maximum atomic E-state index is 10.2. The van der Waals surface area contributed by atoms with Crippen LogP contribution in [0.3, 0.4) is 0 Å². The van der Waals surface area contributed by atoms with Crippen molar-refractivity contribution in [1.82, 2.24) is 0 Å². The lowest BCUT2D eigenvalue weighted by Crippen LogP contribution is -2.07. The Balaban J connectivity index is 2.06. The van der Waals surface area contributed by atoms with E-state index in [1.54, 1.807) is 6.08 Å². The van der Waals surface area contributed by atoms with Crippen molar-refractivity contribution in [2.75, 3.05) is 19.0 Å². The Kier molecular flexibility index (Phi) is 4.99. The SMILES string of the molecule is CN(C)c1ccc(N=Nc2ccc(/C=C/C=O)cc2)cc1. The molecule has 0 heterocycles. The highest BCUT2D eigenvalue weighted by Crippen LogP contribution is 2.21. The van der Waals surface area contributed by atoms with Crippen molar-refractivity contribution >= 4 is 29.4 Å². The molecule has 0 unspecified atom stereocenters. The summed E-state index contributed by atoms with van der Waals surface area (Å²) in [7, 11) is 3.99. The summed E-state index contributed by atoms with van der Waals surface area (Å²) in [6.07, 6.45) is 3.96. The Labute approximate surface area is 124 Å². The van der Waals surface area contributed by atoms with Crippen molar-refractivity contribution in [3.63, 3.8) is 0 Å². The topological polar surface area (TPSA) is 45.0 Å². The van der Waals surface area contributed by atoms with Crippen LogP contribution in [0, 0.1) is 0 Å². The monoisotopic (exact) mass is 279 g/mol. The Morgan fingerprint density at radius 3 is 1.86 bits per heavy atom. The minimum absolute atomic E-state index is 0.755. The smallest absolute Gasteiger partial charge is 0.142 e. The number of allylic oxidation sites excluding steroid dienone is 1. The fraction of sp³-hybridized carbons (Fsp3) is 0.118. The second-order valence-corrected chi connectivity index (χ2v) is 4.70. The predicted octanol–water partition coefficient (Wildman–Crippen LogP) is 4.38. The number of benzene rings is 2. The molecule has 0 N–H and O–H groups in total. The van der Waals surface area contributed by atoms with Crippen molar-refractivity contribution in [3.8, 4) is 0 Å². The fourth-order valence-electron chi connectivity index (χ4n) is 1.74. The molecule has 0 aliphatic heterocycles. The molecule has 2 aromatic rings. The van der Waals surface area contributed by atoms with Crippen LogP contribution >= 0.6 is 0 Å². The number of aldehydes is 1. The Hall–Kier alpha value is -2.75. The molecule has 0 saturated carbocycles. The van der Waals surface area contributed by atoms with Crippen LogP contribution in [-0.2, 0) is 4.79 Å². The van der Waals surface area contributed by atoms with Gasteiger partial charge in [-0.2, -0.15) is 10.2 Å². The maximum absolute atomic E-state index is 10.2. The van der Waals surface area contributed by atoms with Crippen molar-refractivity contribution in [1.29, 1.82) is 0 Å². The molecule has 4 nitrogen and oxygen atoms in total. The number of azo groups is 1. The number of carbonyl (C=O) groups is 1. The number of carbonyl (C=O) groups excluding carboxylic acids is 1. The molecule has 0 aliphatic rings. The highest BCUT2D eigenvalue weighted by atomic mass is 16.1. The van der Waals surface area contributed by atoms with Gasteiger partial charge in [0.25, 0.3) is 0 Å². The van der Waals surface area contributed by atoms with Crippen LogP contribution in [-0.4, -0.2) is 20.4 Å². The van der Waals surface area contributed by atoms with Gasteiger partial charge in [0.15, 0.2) is 0 Å². The molecule has 21 heavy (non-hydrogen) atoms. The first-order valence-electron chi connectivity index (χ1n) is 6.60. The van der Waals surface area contributed by atoms with Crippen LogP contribution in [0.5, 0.6) is 0 Å². The lowest BCUT2D eigenvalue weighted by molar-refractivity contribution is -0.104. The summed E-state index contributed by atoms with van der Waals surface area (Å²) in [5.41, 5.74) is 3.66. The first-order valence-corrected chi connectivity index (χ1v) is 6.60. The van der Waals surface area contributed by atoms with Crippen molar-refractivity contribution in [2.45, 2.75) is 0 Å². The van der Waals surface area contributed by atoms with Gasteiger partial charge in [0.2, 0.25) is 0 Å². The molecule has 106 valence electrons. The van der Waals surface area contributed by atoms with E-state index < -0.39 is 0 Å². The molecule has 0 amide bonds. The van der Waals surface area contributed by atoms with Crippen LogP contribution < -0.4 is 4.90 Å². The largest absolute Gasteiger partial charge is 0.378 e. The Bertz CT molecular complexity index is 641. The molecule has 0 aromatic heterocycles.